The first-order chi connectivity index (χ1) is 15.1. The first-order valence-electron chi connectivity index (χ1n) is 11.2. The van der Waals surface area contributed by atoms with E-state index in [4.69, 9.17) is 4.74 Å². The highest BCUT2D eigenvalue weighted by Gasteiger charge is 2.26. The number of para-hydroxylation sites is 1. The maximum absolute atomic E-state index is 5.66. The van der Waals surface area contributed by atoms with E-state index in [1.807, 2.05) is 19.2 Å². The maximum Gasteiger partial charge on any atom is 0.191 e. The first-order valence-corrected chi connectivity index (χ1v) is 11.2. The van der Waals surface area contributed by atoms with Crippen LogP contribution in [0.5, 0.6) is 5.75 Å². The van der Waals surface area contributed by atoms with Gasteiger partial charge in [0.25, 0.3) is 0 Å². The predicted octanol–water partition coefficient (Wildman–Crippen LogP) is 3.88. The normalized spacial score (nSPS) is 15.3. The van der Waals surface area contributed by atoms with E-state index in [1.54, 1.807) is 7.11 Å². The van der Waals surface area contributed by atoms with Crippen LogP contribution in [-0.2, 0) is 13.1 Å². The van der Waals surface area contributed by atoms with E-state index in [0.717, 1.165) is 44.4 Å². The minimum Gasteiger partial charge on any atom is -0.496 e. The van der Waals surface area contributed by atoms with Crippen molar-refractivity contribution in [3.8, 4) is 5.75 Å². The molecular formula is C25H38IN5O. The summed E-state index contributed by atoms with van der Waals surface area (Å²) < 4.78 is 5.66. The molecule has 0 radical (unpaired) electrons. The van der Waals surface area contributed by atoms with Crippen molar-refractivity contribution in [3.63, 3.8) is 0 Å². The van der Waals surface area contributed by atoms with Crippen molar-refractivity contribution >= 4 is 29.9 Å². The Kier molecular flexibility index (Phi) is 11.3. The van der Waals surface area contributed by atoms with Crippen LogP contribution in [0.15, 0.2) is 53.5 Å². The van der Waals surface area contributed by atoms with Crippen LogP contribution in [0.4, 0.5) is 0 Å². The monoisotopic (exact) mass is 551 g/mol. The smallest absolute Gasteiger partial charge is 0.191 e. The standard InChI is InChI=1S/C25H37N5O.HI/c1-26-25(27-17-20-11-5-6-12-21(20)19-29(2)3)28-18-23(30-15-9-10-16-30)22-13-7-8-14-24(22)31-4;/h5-8,11-14,23H,9-10,15-19H2,1-4H3,(H2,26,27,28);1H. The zero-order valence-corrected chi connectivity index (χ0v) is 22.1. The molecule has 7 heteroatoms. The van der Waals surface area contributed by atoms with Crippen molar-refractivity contribution in [2.45, 2.75) is 32.0 Å². The Morgan fingerprint density at radius 3 is 2.34 bits per heavy atom. The summed E-state index contributed by atoms with van der Waals surface area (Å²) in [4.78, 5) is 9.20. The number of halogens is 1. The van der Waals surface area contributed by atoms with E-state index >= 15 is 0 Å². The van der Waals surface area contributed by atoms with Crippen molar-refractivity contribution in [1.82, 2.24) is 20.4 Å². The molecule has 176 valence electrons. The Hall–Kier alpha value is -1.84. The van der Waals surface area contributed by atoms with Crippen molar-refractivity contribution < 1.29 is 4.74 Å². The predicted molar refractivity (Wildman–Crippen MR) is 144 cm³/mol. The van der Waals surface area contributed by atoms with Gasteiger partial charge in [0.15, 0.2) is 5.96 Å². The summed E-state index contributed by atoms with van der Waals surface area (Å²) in [6, 6.07) is 17.2. The van der Waals surface area contributed by atoms with Crippen LogP contribution in [0.3, 0.4) is 0 Å². The van der Waals surface area contributed by atoms with Gasteiger partial charge in [0.05, 0.1) is 13.2 Å². The molecular weight excluding hydrogens is 513 g/mol. The van der Waals surface area contributed by atoms with Crippen molar-refractivity contribution in [1.29, 1.82) is 0 Å². The van der Waals surface area contributed by atoms with Crippen LogP contribution in [0.25, 0.3) is 0 Å². The number of rotatable bonds is 9. The Morgan fingerprint density at radius 1 is 1.03 bits per heavy atom. The molecule has 2 N–H and O–H groups in total. The van der Waals surface area contributed by atoms with E-state index in [9.17, 15) is 0 Å². The fraction of sp³-hybridized carbons (Fsp3) is 0.480. The molecule has 1 atom stereocenters. The number of nitrogens with one attached hydrogen (secondary N) is 2. The van der Waals surface area contributed by atoms with Gasteiger partial charge in [-0.15, -0.1) is 24.0 Å². The van der Waals surface area contributed by atoms with Crippen LogP contribution in [0.2, 0.25) is 0 Å². The Balaban J connectivity index is 0.00000363. The molecule has 2 aromatic carbocycles. The lowest BCUT2D eigenvalue weighted by Crippen LogP contribution is -2.42. The lowest BCUT2D eigenvalue weighted by Gasteiger charge is -2.30. The number of hydrogen-bond acceptors (Lipinski definition) is 4. The zero-order valence-electron chi connectivity index (χ0n) is 19.8. The second kappa shape index (κ2) is 13.6. The number of likely N-dealkylation sites (tertiary alicyclic amines) is 1. The molecule has 1 aliphatic rings. The third-order valence-electron chi connectivity index (χ3n) is 5.82. The minimum atomic E-state index is 0. The largest absolute Gasteiger partial charge is 0.496 e. The second-order valence-electron chi connectivity index (χ2n) is 8.31. The van der Waals surface area contributed by atoms with E-state index in [2.05, 4.69) is 75.9 Å². The molecule has 1 fully saturated rings. The van der Waals surface area contributed by atoms with E-state index in [0.29, 0.717) is 0 Å². The third kappa shape index (κ3) is 7.35. The molecule has 2 aromatic rings. The molecule has 1 aliphatic heterocycles. The molecule has 0 spiro atoms. The molecule has 1 heterocycles. The van der Waals surface area contributed by atoms with E-state index in [-0.39, 0.29) is 30.0 Å². The minimum absolute atomic E-state index is 0. The molecule has 6 nitrogen and oxygen atoms in total. The molecule has 0 bridgehead atoms. The number of guanidine groups is 1. The van der Waals surface area contributed by atoms with Gasteiger partial charge in [-0.2, -0.15) is 0 Å². The second-order valence-corrected chi connectivity index (χ2v) is 8.31. The highest BCUT2D eigenvalue weighted by molar-refractivity contribution is 14.0. The fourth-order valence-electron chi connectivity index (χ4n) is 4.25. The maximum atomic E-state index is 5.66. The molecule has 1 unspecified atom stereocenters. The van der Waals surface area contributed by atoms with Gasteiger partial charge in [0, 0.05) is 32.2 Å². The number of methoxy groups -OCH3 is 1. The zero-order chi connectivity index (χ0) is 22.1. The summed E-state index contributed by atoms with van der Waals surface area (Å²) in [5.74, 6) is 1.76. The molecule has 1 saturated heterocycles. The van der Waals surface area contributed by atoms with Crippen LogP contribution in [0.1, 0.15) is 35.6 Å². The van der Waals surface area contributed by atoms with Gasteiger partial charge in [0.2, 0.25) is 0 Å². The van der Waals surface area contributed by atoms with Gasteiger partial charge in [-0.25, -0.2) is 0 Å². The van der Waals surface area contributed by atoms with Gasteiger partial charge < -0.3 is 20.3 Å². The summed E-state index contributed by atoms with van der Waals surface area (Å²) in [5.41, 5.74) is 3.85. The molecule has 3 rings (SSSR count). The summed E-state index contributed by atoms with van der Waals surface area (Å²) in [5, 5.41) is 7.05. The lowest BCUT2D eigenvalue weighted by atomic mass is 10.0. The molecule has 0 aromatic heterocycles. The molecule has 32 heavy (non-hydrogen) atoms. The summed E-state index contributed by atoms with van der Waals surface area (Å²) in [6.45, 7) is 4.68. The topological polar surface area (TPSA) is 52.1 Å². The Morgan fingerprint density at radius 2 is 1.69 bits per heavy atom. The van der Waals surface area contributed by atoms with Gasteiger partial charge >= 0.3 is 0 Å². The van der Waals surface area contributed by atoms with E-state index < -0.39 is 0 Å². The van der Waals surface area contributed by atoms with Crippen LogP contribution >= 0.6 is 24.0 Å². The average Bonchev–Trinajstić information content (AvgIpc) is 3.31. The molecule has 0 amide bonds. The van der Waals surface area contributed by atoms with Crippen LogP contribution in [-0.4, -0.2) is 63.6 Å². The number of hydrogen-bond donors (Lipinski definition) is 2. The highest BCUT2D eigenvalue weighted by atomic mass is 127. The number of benzene rings is 2. The fourth-order valence-corrected chi connectivity index (χ4v) is 4.25. The number of nitrogens with zero attached hydrogens (tertiary/aromatic N) is 3. The third-order valence-corrected chi connectivity index (χ3v) is 5.82. The van der Waals surface area contributed by atoms with Crippen LogP contribution in [0, 0.1) is 0 Å². The Bertz CT molecular complexity index is 852. The van der Waals surface area contributed by atoms with Crippen LogP contribution < -0.4 is 15.4 Å². The van der Waals surface area contributed by atoms with Crippen molar-refractivity contribution in [2.75, 3.05) is 47.9 Å². The van der Waals surface area contributed by atoms with Gasteiger partial charge in [-0.05, 0) is 57.2 Å². The highest BCUT2D eigenvalue weighted by Crippen LogP contribution is 2.31. The summed E-state index contributed by atoms with van der Waals surface area (Å²) >= 11 is 0. The Labute approximate surface area is 210 Å². The quantitative estimate of drug-likeness (QED) is 0.282. The van der Waals surface area contributed by atoms with Gasteiger partial charge in [-0.1, -0.05) is 42.5 Å². The van der Waals surface area contributed by atoms with Crippen molar-refractivity contribution in [3.05, 3.63) is 65.2 Å². The average molecular weight is 552 g/mol. The summed E-state index contributed by atoms with van der Waals surface area (Å²) in [7, 11) is 7.77. The number of aliphatic imine (C=N–C) groups is 1. The molecule has 0 aliphatic carbocycles. The van der Waals surface area contributed by atoms with Crippen molar-refractivity contribution in [2.24, 2.45) is 4.99 Å². The molecule has 0 saturated carbocycles. The van der Waals surface area contributed by atoms with Gasteiger partial charge in [-0.3, -0.25) is 9.89 Å². The summed E-state index contributed by atoms with van der Waals surface area (Å²) in [6.07, 6.45) is 2.50. The van der Waals surface area contributed by atoms with Gasteiger partial charge in [0.1, 0.15) is 5.75 Å². The number of ether oxygens (including phenoxy) is 1. The first kappa shape index (κ1) is 26.4. The lowest BCUT2D eigenvalue weighted by molar-refractivity contribution is 0.239. The van der Waals surface area contributed by atoms with E-state index in [1.165, 1.54) is 29.5 Å². The SMILES string of the molecule is CN=C(NCc1ccccc1CN(C)C)NCC(c1ccccc1OC)N1CCCC1.I.